The van der Waals surface area contributed by atoms with Gasteiger partial charge in [0, 0.05) is 37.0 Å². The fraction of sp³-hybridized carbons (Fsp3) is 0.520. The number of piperidine rings is 1. The molecule has 0 bridgehead atoms. The number of hydrogen-bond donors (Lipinski definition) is 2. The van der Waals surface area contributed by atoms with E-state index in [1.807, 2.05) is 4.90 Å². The van der Waals surface area contributed by atoms with Crippen LogP contribution in [0.15, 0.2) is 30.3 Å². The van der Waals surface area contributed by atoms with Crippen LogP contribution < -0.4 is 20.7 Å². The van der Waals surface area contributed by atoms with Crippen LogP contribution in [0.1, 0.15) is 60.4 Å². The van der Waals surface area contributed by atoms with E-state index in [1.165, 1.54) is 19.2 Å². The number of nitrogens with zero attached hydrogens (tertiary/aromatic N) is 2. The quantitative estimate of drug-likeness (QED) is 0.522. The van der Waals surface area contributed by atoms with E-state index in [2.05, 4.69) is 17.2 Å². The van der Waals surface area contributed by atoms with Gasteiger partial charge in [-0.25, -0.2) is 13.4 Å². The van der Waals surface area contributed by atoms with E-state index < -0.39 is 33.0 Å². The maximum absolute atomic E-state index is 13.3. The van der Waals surface area contributed by atoms with Gasteiger partial charge in [-0.2, -0.15) is 13.2 Å². The van der Waals surface area contributed by atoms with Gasteiger partial charge in [-0.05, 0) is 43.4 Å². The number of aromatic nitrogens is 1. The number of pyridine rings is 1. The summed E-state index contributed by atoms with van der Waals surface area (Å²) in [5.41, 5.74) is 6.21. The van der Waals surface area contributed by atoms with E-state index in [9.17, 15) is 26.4 Å². The van der Waals surface area contributed by atoms with Crippen LogP contribution in [0, 0.1) is 5.92 Å². The molecule has 0 saturated carbocycles. The standard InChI is InChI=1S/C25H33F3N4O4S/c1-15-9-11-32(12-10-15)23-18(6-8-21(31-23)25(26,27)28)14-30-24(33)16(2)17-5-7-19(20(13-17)36-3)22(29)37(4,34)35/h5-8,13,15-16,22H,9-12,14,29H2,1-4H3,(H,30,33). The highest BCUT2D eigenvalue weighted by molar-refractivity contribution is 7.90. The predicted molar refractivity (Wildman–Crippen MR) is 135 cm³/mol. The third-order valence-electron chi connectivity index (χ3n) is 6.70. The number of nitrogens with two attached hydrogens (primary N) is 1. The zero-order valence-corrected chi connectivity index (χ0v) is 22.1. The minimum Gasteiger partial charge on any atom is -0.496 e. The second-order valence-corrected chi connectivity index (χ2v) is 11.7. The third kappa shape index (κ3) is 6.92. The van der Waals surface area contributed by atoms with Crippen LogP contribution in [0.3, 0.4) is 0 Å². The Hall–Kier alpha value is -2.86. The van der Waals surface area contributed by atoms with Gasteiger partial charge in [0.15, 0.2) is 9.84 Å². The number of carbonyl (C=O) groups excluding carboxylic acids is 1. The van der Waals surface area contributed by atoms with E-state index in [4.69, 9.17) is 10.5 Å². The number of ether oxygens (including phenoxy) is 1. The molecule has 1 amide bonds. The second kappa shape index (κ2) is 11.3. The fourth-order valence-electron chi connectivity index (χ4n) is 4.22. The minimum absolute atomic E-state index is 0.00384. The van der Waals surface area contributed by atoms with Gasteiger partial charge in [-0.15, -0.1) is 0 Å². The van der Waals surface area contributed by atoms with E-state index >= 15 is 0 Å². The van der Waals surface area contributed by atoms with E-state index in [0.29, 0.717) is 30.1 Å². The summed E-state index contributed by atoms with van der Waals surface area (Å²) in [4.78, 5) is 18.7. The van der Waals surface area contributed by atoms with Crippen molar-refractivity contribution in [2.45, 2.75) is 50.7 Å². The Balaban J connectivity index is 1.79. The van der Waals surface area contributed by atoms with Crippen molar-refractivity contribution in [1.82, 2.24) is 10.3 Å². The van der Waals surface area contributed by atoms with Gasteiger partial charge < -0.3 is 20.7 Å². The Kier molecular flexibility index (Phi) is 8.74. The number of methoxy groups -OCH3 is 1. The van der Waals surface area contributed by atoms with Gasteiger partial charge in [-0.1, -0.05) is 25.1 Å². The maximum atomic E-state index is 13.3. The Morgan fingerprint density at radius 1 is 1.24 bits per heavy atom. The summed E-state index contributed by atoms with van der Waals surface area (Å²) in [5.74, 6) is -0.0556. The molecule has 2 unspecified atom stereocenters. The lowest BCUT2D eigenvalue weighted by Crippen LogP contribution is -2.35. The normalized spacial score (nSPS) is 16.8. The summed E-state index contributed by atoms with van der Waals surface area (Å²) in [6.45, 7) is 4.96. The minimum atomic E-state index is -4.57. The van der Waals surface area contributed by atoms with Crippen molar-refractivity contribution in [3.63, 3.8) is 0 Å². The van der Waals surface area contributed by atoms with Crippen LogP contribution in [0.4, 0.5) is 19.0 Å². The van der Waals surface area contributed by atoms with Crippen molar-refractivity contribution >= 4 is 21.6 Å². The number of carbonyl (C=O) groups is 1. The molecule has 37 heavy (non-hydrogen) atoms. The first-order valence-corrected chi connectivity index (χ1v) is 13.9. The van der Waals surface area contributed by atoms with Crippen molar-refractivity contribution in [2.75, 3.05) is 31.4 Å². The number of rotatable bonds is 8. The number of hydrogen-bond acceptors (Lipinski definition) is 7. The Morgan fingerprint density at radius 3 is 2.46 bits per heavy atom. The fourth-order valence-corrected chi connectivity index (χ4v) is 4.87. The molecule has 3 rings (SSSR count). The van der Waals surface area contributed by atoms with E-state index in [0.717, 1.165) is 25.2 Å². The predicted octanol–water partition coefficient (Wildman–Crippen LogP) is 3.77. The molecule has 2 heterocycles. The lowest BCUT2D eigenvalue weighted by atomic mass is 9.97. The van der Waals surface area contributed by atoms with Crippen LogP contribution >= 0.6 is 0 Å². The average Bonchev–Trinajstić information content (AvgIpc) is 2.85. The summed E-state index contributed by atoms with van der Waals surface area (Å²) in [5, 5.41) is 1.52. The zero-order chi connectivity index (χ0) is 27.5. The summed E-state index contributed by atoms with van der Waals surface area (Å²) in [7, 11) is -2.19. The molecule has 0 aliphatic carbocycles. The molecular formula is C25H33F3N4O4S. The molecule has 1 aromatic carbocycles. The van der Waals surface area contributed by atoms with Gasteiger partial charge in [0.2, 0.25) is 5.91 Å². The average molecular weight is 543 g/mol. The van der Waals surface area contributed by atoms with Crippen LogP contribution in [0.2, 0.25) is 0 Å². The van der Waals surface area contributed by atoms with Gasteiger partial charge in [0.25, 0.3) is 0 Å². The molecule has 1 fully saturated rings. The zero-order valence-electron chi connectivity index (χ0n) is 21.3. The van der Waals surface area contributed by atoms with Crippen LogP contribution in [-0.4, -0.2) is 45.8 Å². The third-order valence-corrected chi connectivity index (χ3v) is 7.88. The van der Waals surface area contributed by atoms with Crippen molar-refractivity contribution in [1.29, 1.82) is 0 Å². The molecule has 1 aliphatic rings. The maximum Gasteiger partial charge on any atom is 0.433 e. The lowest BCUT2D eigenvalue weighted by molar-refractivity contribution is -0.141. The number of benzene rings is 1. The molecule has 12 heteroatoms. The van der Waals surface area contributed by atoms with Crippen LogP contribution in [-0.2, 0) is 27.4 Å². The van der Waals surface area contributed by atoms with Crippen molar-refractivity contribution in [3.05, 3.63) is 52.7 Å². The molecule has 8 nitrogen and oxygen atoms in total. The van der Waals surface area contributed by atoms with Crippen molar-refractivity contribution in [2.24, 2.45) is 11.7 Å². The second-order valence-electron chi connectivity index (χ2n) is 9.54. The van der Waals surface area contributed by atoms with Crippen molar-refractivity contribution < 1.29 is 31.1 Å². The number of nitrogens with one attached hydrogen (secondary N) is 1. The van der Waals surface area contributed by atoms with Gasteiger partial charge in [0.1, 0.15) is 22.6 Å². The van der Waals surface area contributed by atoms with Crippen LogP contribution in [0.25, 0.3) is 0 Å². The Bertz CT molecular complexity index is 1230. The van der Waals surface area contributed by atoms with E-state index in [-0.39, 0.29) is 29.6 Å². The number of anilines is 1. The molecule has 1 aromatic heterocycles. The molecule has 0 radical (unpaired) electrons. The largest absolute Gasteiger partial charge is 0.496 e. The molecule has 0 spiro atoms. The number of sulfone groups is 1. The van der Waals surface area contributed by atoms with Gasteiger partial charge >= 0.3 is 6.18 Å². The highest BCUT2D eigenvalue weighted by Gasteiger charge is 2.34. The highest BCUT2D eigenvalue weighted by atomic mass is 32.2. The highest BCUT2D eigenvalue weighted by Crippen LogP contribution is 2.33. The topological polar surface area (TPSA) is 115 Å². The van der Waals surface area contributed by atoms with Crippen LogP contribution in [0.5, 0.6) is 5.75 Å². The van der Waals surface area contributed by atoms with E-state index in [1.54, 1.807) is 19.1 Å². The number of alkyl halides is 3. The summed E-state index contributed by atoms with van der Waals surface area (Å²) in [6, 6.07) is 6.96. The monoisotopic (exact) mass is 542 g/mol. The SMILES string of the molecule is COc1cc(C(C)C(=O)NCc2ccc(C(F)(F)F)nc2N2CCC(C)CC2)ccc1C(N)S(C)(=O)=O. The molecule has 2 atom stereocenters. The smallest absolute Gasteiger partial charge is 0.433 e. The first-order valence-electron chi connectivity index (χ1n) is 11.9. The lowest BCUT2D eigenvalue weighted by Gasteiger charge is -2.33. The number of halogens is 3. The Morgan fingerprint density at radius 2 is 1.89 bits per heavy atom. The molecule has 2 aromatic rings. The van der Waals surface area contributed by atoms with Crippen molar-refractivity contribution in [3.8, 4) is 5.75 Å². The summed E-state index contributed by atoms with van der Waals surface area (Å²) in [6.07, 6.45) is -1.85. The molecule has 3 N–H and O–H groups in total. The first-order chi connectivity index (χ1) is 17.2. The first kappa shape index (κ1) is 28.7. The molecule has 1 saturated heterocycles. The molecular weight excluding hydrogens is 509 g/mol. The summed E-state index contributed by atoms with van der Waals surface area (Å²) < 4.78 is 69.1. The number of amides is 1. The van der Waals surface area contributed by atoms with Gasteiger partial charge in [0.05, 0.1) is 13.0 Å². The summed E-state index contributed by atoms with van der Waals surface area (Å²) >= 11 is 0. The molecule has 204 valence electrons. The Labute approximate surface area is 215 Å². The molecule has 1 aliphatic heterocycles. The van der Waals surface area contributed by atoms with Gasteiger partial charge in [-0.3, -0.25) is 4.79 Å².